The Kier molecular flexibility index (Phi) is 1.33. The van der Waals surface area contributed by atoms with Crippen molar-refractivity contribution in [3.05, 3.63) is 27.1 Å². The predicted molar refractivity (Wildman–Crippen MR) is 50.8 cm³/mol. The fraction of sp³-hybridized carbons (Fsp3) is 0.250. The van der Waals surface area contributed by atoms with Crippen LogP contribution in [0.5, 0.6) is 0 Å². The molecule has 5 heteroatoms. The van der Waals surface area contributed by atoms with Gasteiger partial charge in [0.25, 0.3) is 5.56 Å². The lowest BCUT2D eigenvalue weighted by Gasteiger charge is -1.90. The summed E-state index contributed by atoms with van der Waals surface area (Å²) >= 11 is 1.61. The van der Waals surface area contributed by atoms with E-state index in [0.717, 1.165) is 28.9 Å². The van der Waals surface area contributed by atoms with Crippen molar-refractivity contribution in [2.45, 2.75) is 13.1 Å². The normalized spacial score (nSPS) is 15.1. The molecule has 0 bridgehead atoms. The molecule has 0 saturated heterocycles. The maximum atomic E-state index is 11.5. The van der Waals surface area contributed by atoms with Crippen molar-refractivity contribution in [2.24, 2.45) is 0 Å². The van der Waals surface area contributed by atoms with E-state index in [1.807, 2.05) is 0 Å². The third-order valence-corrected chi connectivity index (χ3v) is 3.40. The van der Waals surface area contributed by atoms with Gasteiger partial charge in [-0.2, -0.15) is 0 Å². The molecule has 1 aliphatic rings. The van der Waals surface area contributed by atoms with E-state index < -0.39 is 0 Å². The molecule has 0 fully saturated rings. The van der Waals surface area contributed by atoms with Crippen LogP contribution in [0.1, 0.15) is 10.4 Å². The molecule has 2 aromatic rings. The molecule has 0 spiro atoms. The molecule has 13 heavy (non-hydrogen) atoms. The lowest BCUT2D eigenvalue weighted by Crippen LogP contribution is -2.08. The van der Waals surface area contributed by atoms with Gasteiger partial charge in [-0.25, -0.2) is 4.98 Å². The highest BCUT2D eigenvalue weighted by molar-refractivity contribution is 7.18. The quantitative estimate of drug-likeness (QED) is 0.643. The maximum absolute atomic E-state index is 11.5. The molecular weight excluding hydrogens is 186 g/mol. The van der Waals surface area contributed by atoms with Crippen LogP contribution in [0.2, 0.25) is 0 Å². The summed E-state index contributed by atoms with van der Waals surface area (Å²) in [6.07, 6.45) is 1.46. The molecule has 3 rings (SSSR count). The summed E-state index contributed by atoms with van der Waals surface area (Å²) in [4.78, 5) is 20.3. The van der Waals surface area contributed by atoms with Gasteiger partial charge in [0.1, 0.15) is 4.83 Å². The second-order valence-electron chi connectivity index (χ2n) is 3.02. The molecule has 0 amide bonds. The Morgan fingerprint density at radius 1 is 1.46 bits per heavy atom. The highest BCUT2D eigenvalue weighted by atomic mass is 32.1. The van der Waals surface area contributed by atoms with Crippen molar-refractivity contribution in [3.8, 4) is 0 Å². The first kappa shape index (κ1) is 7.23. The fourth-order valence-corrected chi connectivity index (χ4v) is 2.80. The van der Waals surface area contributed by atoms with Gasteiger partial charge in [0.2, 0.25) is 0 Å². The minimum absolute atomic E-state index is 0.0220. The number of thiophene rings is 1. The standard InChI is InChI=1S/C8H7N3OS/c12-7-6-4-1-9-2-5(4)13-8(6)11-3-10-7/h3,9H,1-2H2,(H,10,11,12). The number of nitrogens with one attached hydrogen (secondary N) is 2. The van der Waals surface area contributed by atoms with Crippen molar-refractivity contribution >= 4 is 21.6 Å². The second-order valence-corrected chi connectivity index (χ2v) is 4.10. The number of hydrogen-bond acceptors (Lipinski definition) is 4. The first-order chi connectivity index (χ1) is 6.36. The number of aromatic amines is 1. The lowest BCUT2D eigenvalue weighted by atomic mass is 10.2. The van der Waals surface area contributed by atoms with Crippen LogP contribution in [-0.4, -0.2) is 9.97 Å². The van der Waals surface area contributed by atoms with E-state index in [2.05, 4.69) is 15.3 Å². The van der Waals surface area contributed by atoms with E-state index in [4.69, 9.17) is 0 Å². The molecule has 2 aromatic heterocycles. The first-order valence-electron chi connectivity index (χ1n) is 4.05. The summed E-state index contributed by atoms with van der Waals surface area (Å²) < 4.78 is 0. The average molecular weight is 193 g/mol. The fourth-order valence-electron chi connectivity index (χ4n) is 1.68. The van der Waals surface area contributed by atoms with Crippen molar-refractivity contribution in [1.29, 1.82) is 0 Å². The molecule has 0 aromatic carbocycles. The van der Waals surface area contributed by atoms with Gasteiger partial charge in [0.15, 0.2) is 0 Å². The summed E-state index contributed by atoms with van der Waals surface area (Å²) in [7, 11) is 0. The molecule has 2 N–H and O–H groups in total. The third-order valence-electron chi connectivity index (χ3n) is 2.26. The molecule has 66 valence electrons. The predicted octanol–water partition coefficient (Wildman–Crippen LogP) is 0.588. The molecule has 4 nitrogen and oxygen atoms in total. The molecule has 0 aliphatic carbocycles. The molecule has 3 heterocycles. The van der Waals surface area contributed by atoms with Crippen LogP contribution in [0.25, 0.3) is 10.2 Å². The van der Waals surface area contributed by atoms with Gasteiger partial charge in [-0.3, -0.25) is 4.79 Å². The van der Waals surface area contributed by atoms with Gasteiger partial charge >= 0.3 is 0 Å². The first-order valence-corrected chi connectivity index (χ1v) is 4.86. The van der Waals surface area contributed by atoms with Crippen LogP contribution in [-0.2, 0) is 13.1 Å². The van der Waals surface area contributed by atoms with E-state index in [1.165, 1.54) is 11.2 Å². The Morgan fingerprint density at radius 2 is 2.38 bits per heavy atom. The van der Waals surface area contributed by atoms with Crippen LogP contribution in [0.3, 0.4) is 0 Å². The second kappa shape index (κ2) is 2.40. The largest absolute Gasteiger partial charge is 0.313 e. The Balaban J connectivity index is 2.53. The third kappa shape index (κ3) is 0.882. The van der Waals surface area contributed by atoms with E-state index >= 15 is 0 Å². The Hall–Kier alpha value is -1.20. The Labute approximate surface area is 77.6 Å². The Morgan fingerprint density at radius 3 is 3.31 bits per heavy atom. The maximum Gasteiger partial charge on any atom is 0.259 e. The zero-order valence-electron chi connectivity index (χ0n) is 6.76. The zero-order chi connectivity index (χ0) is 8.84. The molecule has 0 radical (unpaired) electrons. The number of H-pyrrole nitrogens is 1. The van der Waals surface area contributed by atoms with E-state index in [-0.39, 0.29) is 5.56 Å². The van der Waals surface area contributed by atoms with Crippen LogP contribution >= 0.6 is 11.3 Å². The summed E-state index contributed by atoms with van der Waals surface area (Å²) in [5, 5.41) is 3.99. The zero-order valence-corrected chi connectivity index (χ0v) is 7.57. The summed E-state index contributed by atoms with van der Waals surface area (Å²) in [5.41, 5.74) is 1.11. The number of fused-ring (bicyclic) bond motifs is 3. The lowest BCUT2D eigenvalue weighted by molar-refractivity contribution is 0.769. The molecule has 1 aliphatic heterocycles. The number of hydrogen-bond donors (Lipinski definition) is 2. The molecule has 0 unspecified atom stereocenters. The SMILES string of the molecule is O=c1[nH]cnc2sc3c(c12)CNC3. The van der Waals surface area contributed by atoms with Gasteiger partial charge < -0.3 is 10.3 Å². The van der Waals surface area contributed by atoms with E-state index in [9.17, 15) is 4.79 Å². The summed E-state index contributed by atoms with van der Waals surface area (Å²) in [6.45, 7) is 1.67. The topological polar surface area (TPSA) is 57.8 Å². The minimum Gasteiger partial charge on any atom is -0.313 e. The molecule has 0 saturated carbocycles. The number of rotatable bonds is 0. The van der Waals surface area contributed by atoms with Gasteiger partial charge in [0.05, 0.1) is 11.7 Å². The van der Waals surface area contributed by atoms with Crippen molar-refractivity contribution < 1.29 is 0 Å². The van der Waals surface area contributed by atoms with Gasteiger partial charge in [0, 0.05) is 18.0 Å². The average Bonchev–Trinajstić information content (AvgIpc) is 2.62. The van der Waals surface area contributed by atoms with Crippen LogP contribution in [0.15, 0.2) is 11.1 Å². The van der Waals surface area contributed by atoms with Gasteiger partial charge in [-0.15, -0.1) is 11.3 Å². The highest BCUT2D eigenvalue weighted by Crippen LogP contribution is 2.30. The van der Waals surface area contributed by atoms with Crippen molar-refractivity contribution in [1.82, 2.24) is 15.3 Å². The Bertz CT molecular complexity index is 528. The van der Waals surface area contributed by atoms with E-state index in [0.29, 0.717) is 0 Å². The number of nitrogens with zero attached hydrogens (tertiary/aromatic N) is 1. The highest BCUT2D eigenvalue weighted by Gasteiger charge is 2.19. The number of aromatic nitrogens is 2. The van der Waals surface area contributed by atoms with E-state index in [1.54, 1.807) is 11.3 Å². The van der Waals surface area contributed by atoms with Crippen LogP contribution < -0.4 is 10.9 Å². The van der Waals surface area contributed by atoms with Gasteiger partial charge in [-0.05, 0) is 5.56 Å². The van der Waals surface area contributed by atoms with Crippen molar-refractivity contribution in [3.63, 3.8) is 0 Å². The van der Waals surface area contributed by atoms with Crippen molar-refractivity contribution in [2.75, 3.05) is 0 Å². The molecular formula is C8H7N3OS. The summed E-state index contributed by atoms with van der Waals surface area (Å²) in [6, 6.07) is 0. The smallest absolute Gasteiger partial charge is 0.259 e. The minimum atomic E-state index is -0.0220. The van der Waals surface area contributed by atoms with Gasteiger partial charge in [-0.1, -0.05) is 0 Å². The van der Waals surface area contributed by atoms with Crippen LogP contribution in [0, 0.1) is 0 Å². The summed E-state index contributed by atoms with van der Waals surface area (Å²) in [5.74, 6) is 0. The monoisotopic (exact) mass is 193 g/mol. The molecule has 0 atom stereocenters. The van der Waals surface area contributed by atoms with Crippen LogP contribution in [0.4, 0.5) is 0 Å².